The fourth-order valence-corrected chi connectivity index (χ4v) is 1.58. The molecule has 0 spiro atoms. The first kappa shape index (κ1) is 19.7. The van der Waals surface area contributed by atoms with Crippen LogP contribution in [0.4, 0.5) is 15.4 Å². The molecule has 134 valence electrons. The highest BCUT2D eigenvalue weighted by Crippen LogP contribution is 2.08. The minimum absolute atomic E-state index is 0.0132. The molecule has 2 N–H and O–H groups in total. The van der Waals surface area contributed by atoms with E-state index in [9.17, 15) is 9.59 Å². The van der Waals surface area contributed by atoms with Crippen LogP contribution in [0.2, 0.25) is 0 Å². The molecule has 1 atom stereocenters. The van der Waals surface area contributed by atoms with Crippen molar-refractivity contribution in [3.63, 3.8) is 0 Å². The Morgan fingerprint density at radius 3 is 2.71 bits per heavy atom. The Hall–Kier alpha value is -2.39. The van der Waals surface area contributed by atoms with Gasteiger partial charge in [0.2, 0.25) is 0 Å². The van der Waals surface area contributed by atoms with Crippen molar-refractivity contribution in [1.29, 1.82) is 0 Å². The number of ether oxygens (including phenoxy) is 3. The van der Waals surface area contributed by atoms with Crippen LogP contribution in [0.15, 0.2) is 24.4 Å². The van der Waals surface area contributed by atoms with Gasteiger partial charge in [0.1, 0.15) is 25.1 Å². The number of carbonyl (C=O) groups is 2. The molecule has 0 aliphatic rings. The van der Waals surface area contributed by atoms with E-state index in [1.807, 2.05) is 0 Å². The molecule has 1 aromatic rings. The fraction of sp³-hybridized carbons (Fsp3) is 0.533. The molecule has 2 amide bonds. The number of amides is 2. The van der Waals surface area contributed by atoms with Crippen molar-refractivity contribution in [2.75, 3.05) is 45.4 Å². The molecule has 0 aromatic carbocycles. The monoisotopic (exact) mass is 341 g/mol. The van der Waals surface area contributed by atoms with Crippen LogP contribution in [0.5, 0.6) is 0 Å². The van der Waals surface area contributed by atoms with Crippen LogP contribution in [0.1, 0.15) is 6.42 Å². The van der Waals surface area contributed by atoms with Crippen molar-refractivity contribution < 1.29 is 28.9 Å². The number of aliphatic hydroxyl groups is 1. The minimum Gasteiger partial charge on any atom is -0.447 e. The molecule has 24 heavy (non-hydrogen) atoms. The molecule has 1 heterocycles. The third-order valence-corrected chi connectivity index (χ3v) is 3.00. The zero-order chi connectivity index (χ0) is 17.8. The number of carbonyl (C=O) groups excluding carboxylic acids is 2. The van der Waals surface area contributed by atoms with E-state index in [0.717, 1.165) is 0 Å². The first-order valence-corrected chi connectivity index (χ1v) is 7.44. The lowest BCUT2D eigenvalue weighted by atomic mass is 10.4. The van der Waals surface area contributed by atoms with Gasteiger partial charge in [-0.1, -0.05) is 6.07 Å². The predicted octanol–water partition coefficient (Wildman–Crippen LogP) is 0.778. The van der Waals surface area contributed by atoms with Crippen molar-refractivity contribution >= 4 is 18.0 Å². The summed E-state index contributed by atoms with van der Waals surface area (Å²) in [5.74, 6) is 0.455. The molecular formula is C15H23N3O6. The Balaban J connectivity index is 2.32. The van der Waals surface area contributed by atoms with Gasteiger partial charge in [0.25, 0.3) is 0 Å². The molecule has 1 unspecified atom stereocenters. The summed E-state index contributed by atoms with van der Waals surface area (Å²) in [4.78, 5) is 28.6. The largest absolute Gasteiger partial charge is 0.447 e. The molecular weight excluding hydrogens is 318 g/mol. The molecule has 0 fully saturated rings. The average molecular weight is 341 g/mol. The van der Waals surface area contributed by atoms with E-state index in [1.54, 1.807) is 24.4 Å². The zero-order valence-electron chi connectivity index (χ0n) is 13.8. The molecule has 1 rings (SSSR count). The maximum absolute atomic E-state index is 11.9. The fourth-order valence-electron chi connectivity index (χ4n) is 1.58. The van der Waals surface area contributed by atoms with E-state index < -0.39 is 18.3 Å². The van der Waals surface area contributed by atoms with E-state index in [-0.39, 0.29) is 19.8 Å². The number of alkyl carbamates (subject to hydrolysis) is 1. The van der Waals surface area contributed by atoms with Gasteiger partial charge in [0.15, 0.2) is 0 Å². The van der Waals surface area contributed by atoms with Crippen molar-refractivity contribution in [3.05, 3.63) is 24.4 Å². The van der Waals surface area contributed by atoms with Gasteiger partial charge in [-0.2, -0.15) is 0 Å². The van der Waals surface area contributed by atoms with Gasteiger partial charge < -0.3 is 24.6 Å². The Bertz CT molecular complexity index is 499. The zero-order valence-corrected chi connectivity index (χ0v) is 13.8. The Kier molecular flexibility index (Phi) is 9.17. The SMILES string of the molecule is COC(COC(=O)NCCCO)COC(=O)N(C)c1ccccn1. The number of nitrogens with zero attached hydrogens (tertiary/aromatic N) is 2. The smallest absolute Gasteiger partial charge is 0.415 e. The highest BCUT2D eigenvalue weighted by atomic mass is 16.6. The maximum atomic E-state index is 11.9. The van der Waals surface area contributed by atoms with E-state index >= 15 is 0 Å². The summed E-state index contributed by atoms with van der Waals surface area (Å²) in [6, 6.07) is 5.18. The number of anilines is 1. The average Bonchev–Trinajstić information content (AvgIpc) is 2.62. The standard InChI is InChI=1S/C15H23N3O6/c1-18(13-6-3-4-7-16-13)15(21)24-11-12(22-2)10-23-14(20)17-8-5-9-19/h3-4,6-7,12,19H,5,8-11H2,1-2H3,(H,17,20). The number of methoxy groups -OCH3 is 1. The summed E-state index contributed by atoms with van der Waals surface area (Å²) < 4.78 is 15.2. The molecule has 0 radical (unpaired) electrons. The normalized spacial score (nSPS) is 11.5. The van der Waals surface area contributed by atoms with Gasteiger partial charge >= 0.3 is 12.2 Å². The Morgan fingerprint density at radius 1 is 1.33 bits per heavy atom. The predicted molar refractivity (Wildman–Crippen MR) is 85.8 cm³/mol. The summed E-state index contributed by atoms with van der Waals surface area (Å²) in [5, 5.41) is 11.1. The number of aromatic nitrogens is 1. The van der Waals surface area contributed by atoms with Gasteiger partial charge in [-0.15, -0.1) is 0 Å². The van der Waals surface area contributed by atoms with Gasteiger partial charge in [-0.25, -0.2) is 14.6 Å². The van der Waals surface area contributed by atoms with Gasteiger partial charge in [0.05, 0.1) is 0 Å². The number of rotatable bonds is 9. The van der Waals surface area contributed by atoms with Crippen LogP contribution in [0.25, 0.3) is 0 Å². The number of hydrogen-bond acceptors (Lipinski definition) is 7. The summed E-state index contributed by atoms with van der Waals surface area (Å²) >= 11 is 0. The van der Waals surface area contributed by atoms with Gasteiger partial charge in [-0.05, 0) is 18.6 Å². The molecule has 9 nitrogen and oxygen atoms in total. The van der Waals surface area contributed by atoms with Crippen LogP contribution in [-0.4, -0.2) is 68.9 Å². The highest BCUT2D eigenvalue weighted by molar-refractivity contribution is 5.85. The molecule has 0 aliphatic heterocycles. The second-order valence-electron chi connectivity index (χ2n) is 4.78. The van der Waals surface area contributed by atoms with E-state index in [4.69, 9.17) is 19.3 Å². The molecule has 0 saturated heterocycles. The van der Waals surface area contributed by atoms with Crippen LogP contribution in [0.3, 0.4) is 0 Å². The first-order chi connectivity index (χ1) is 11.6. The lowest BCUT2D eigenvalue weighted by molar-refractivity contribution is -0.00315. The van der Waals surface area contributed by atoms with Crippen molar-refractivity contribution in [3.8, 4) is 0 Å². The molecule has 9 heteroatoms. The highest BCUT2D eigenvalue weighted by Gasteiger charge is 2.17. The lowest BCUT2D eigenvalue weighted by Gasteiger charge is -2.19. The molecule has 0 saturated carbocycles. The topological polar surface area (TPSA) is 110 Å². The molecule has 0 aliphatic carbocycles. The lowest BCUT2D eigenvalue weighted by Crippen LogP contribution is -2.34. The van der Waals surface area contributed by atoms with E-state index in [2.05, 4.69) is 10.3 Å². The summed E-state index contributed by atoms with van der Waals surface area (Å²) in [6.45, 7) is 0.163. The summed E-state index contributed by atoms with van der Waals surface area (Å²) in [5.41, 5.74) is 0. The van der Waals surface area contributed by atoms with E-state index in [1.165, 1.54) is 19.1 Å². The number of hydrogen-bond donors (Lipinski definition) is 2. The second-order valence-corrected chi connectivity index (χ2v) is 4.78. The Morgan fingerprint density at radius 2 is 2.08 bits per heavy atom. The van der Waals surface area contributed by atoms with E-state index in [0.29, 0.717) is 18.8 Å². The third-order valence-electron chi connectivity index (χ3n) is 3.00. The van der Waals surface area contributed by atoms with Crippen LogP contribution in [-0.2, 0) is 14.2 Å². The quantitative estimate of drug-likeness (QED) is 0.639. The minimum atomic E-state index is -0.623. The van der Waals surface area contributed by atoms with Crippen molar-refractivity contribution in [1.82, 2.24) is 10.3 Å². The number of pyridine rings is 1. The second kappa shape index (κ2) is 11.2. The number of aliphatic hydroxyl groups excluding tert-OH is 1. The van der Waals surface area contributed by atoms with Crippen LogP contribution in [0, 0.1) is 0 Å². The number of nitrogens with one attached hydrogen (secondary N) is 1. The van der Waals surface area contributed by atoms with Crippen molar-refractivity contribution in [2.45, 2.75) is 12.5 Å². The summed E-state index contributed by atoms with van der Waals surface area (Å²) in [7, 11) is 2.96. The third kappa shape index (κ3) is 7.25. The van der Waals surface area contributed by atoms with Crippen molar-refractivity contribution in [2.24, 2.45) is 0 Å². The molecule has 1 aromatic heterocycles. The van der Waals surface area contributed by atoms with Gasteiger partial charge in [-0.3, -0.25) is 4.90 Å². The summed E-state index contributed by atoms with van der Waals surface area (Å²) in [6.07, 6.45) is 0.209. The first-order valence-electron chi connectivity index (χ1n) is 7.44. The maximum Gasteiger partial charge on any atom is 0.415 e. The van der Waals surface area contributed by atoms with Gasteiger partial charge in [0, 0.05) is 33.5 Å². The van der Waals surface area contributed by atoms with Crippen LogP contribution < -0.4 is 10.2 Å². The molecule has 0 bridgehead atoms. The van der Waals surface area contributed by atoms with Crippen LogP contribution >= 0.6 is 0 Å². The Labute approximate surface area is 140 Å².